The molecule has 0 spiro atoms. The summed E-state index contributed by atoms with van der Waals surface area (Å²) in [5, 5.41) is 3.46. The number of aromatic nitrogens is 2. The lowest BCUT2D eigenvalue weighted by atomic mass is 10.1. The average Bonchev–Trinajstić information content (AvgIpc) is 3.28. The molecule has 0 bridgehead atoms. The van der Waals surface area contributed by atoms with E-state index in [-0.39, 0.29) is 17.4 Å². The number of halogens is 2. The van der Waals surface area contributed by atoms with E-state index >= 15 is 0 Å². The molecular weight excluding hydrogens is 443 g/mol. The SMILES string of the molecule is O=C(NCc1cccnc1)c1coc(CN(Cc2ccc(F)cc2)Cc2cccc(Cl)c2)n1. The van der Waals surface area contributed by atoms with Crippen molar-refractivity contribution in [1.29, 1.82) is 0 Å². The maximum atomic E-state index is 13.3. The molecular formula is C25H22ClFN4O2. The quantitative estimate of drug-likeness (QED) is 0.377. The van der Waals surface area contributed by atoms with Crippen molar-refractivity contribution in [3.05, 3.63) is 118 Å². The zero-order chi connectivity index (χ0) is 23.0. The van der Waals surface area contributed by atoms with Crippen LogP contribution in [0.2, 0.25) is 5.02 Å². The molecule has 8 heteroatoms. The molecule has 0 aliphatic heterocycles. The molecule has 0 atom stereocenters. The van der Waals surface area contributed by atoms with Crippen molar-refractivity contribution in [2.24, 2.45) is 0 Å². The van der Waals surface area contributed by atoms with E-state index in [9.17, 15) is 9.18 Å². The van der Waals surface area contributed by atoms with Gasteiger partial charge < -0.3 is 9.73 Å². The number of nitrogens with zero attached hydrogens (tertiary/aromatic N) is 3. The molecule has 0 unspecified atom stereocenters. The highest BCUT2D eigenvalue weighted by atomic mass is 35.5. The molecule has 0 radical (unpaired) electrons. The summed E-state index contributed by atoms with van der Waals surface area (Å²) in [6, 6.07) is 17.6. The molecule has 6 nitrogen and oxygen atoms in total. The number of amides is 1. The second kappa shape index (κ2) is 10.8. The van der Waals surface area contributed by atoms with Crippen LogP contribution in [0.15, 0.2) is 83.7 Å². The number of pyridine rings is 1. The van der Waals surface area contributed by atoms with E-state index in [4.69, 9.17) is 16.0 Å². The molecule has 0 aliphatic carbocycles. The fourth-order valence-electron chi connectivity index (χ4n) is 3.36. The number of rotatable bonds is 9. The molecule has 1 amide bonds. The topological polar surface area (TPSA) is 71.3 Å². The van der Waals surface area contributed by atoms with Crippen molar-refractivity contribution in [1.82, 2.24) is 20.2 Å². The van der Waals surface area contributed by atoms with Crippen molar-refractivity contribution in [3.63, 3.8) is 0 Å². The van der Waals surface area contributed by atoms with Gasteiger partial charge in [-0.15, -0.1) is 0 Å². The molecule has 0 fully saturated rings. The van der Waals surface area contributed by atoms with Gasteiger partial charge in [0.1, 0.15) is 12.1 Å². The number of nitrogens with one attached hydrogen (secondary N) is 1. The lowest BCUT2D eigenvalue weighted by Crippen LogP contribution is -2.24. The molecule has 4 rings (SSSR count). The van der Waals surface area contributed by atoms with E-state index < -0.39 is 0 Å². The molecule has 33 heavy (non-hydrogen) atoms. The summed E-state index contributed by atoms with van der Waals surface area (Å²) < 4.78 is 18.9. The molecule has 168 valence electrons. The number of hydrogen-bond acceptors (Lipinski definition) is 5. The fraction of sp³-hybridized carbons (Fsp3) is 0.160. The van der Waals surface area contributed by atoms with Crippen LogP contribution in [0.3, 0.4) is 0 Å². The van der Waals surface area contributed by atoms with Crippen LogP contribution in [0.5, 0.6) is 0 Å². The number of carbonyl (C=O) groups is 1. The Morgan fingerprint density at radius 3 is 2.55 bits per heavy atom. The van der Waals surface area contributed by atoms with Crippen molar-refractivity contribution >= 4 is 17.5 Å². The fourth-order valence-corrected chi connectivity index (χ4v) is 3.58. The first kappa shape index (κ1) is 22.6. The minimum atomic E-state index is -0.325. The Morgan fingerprint density at radius 2 is 1.79 bits per heavy atom. The second-order valence-corrected chi connectivity index (χ2v) is 8.01. The lowest BCUT2D eigenvalue weighted by molar-refractivity contribution is 0.0945. The zero-order valence-corrected chi connectivity index (χ0v) is 18.5. The standard InChI is InChI=1S/C25H22ClFN4O2/c26-21-5-1-3-19(11-21)15-31(14-18-6-8-22(27)9-7-18)16-24-30-23(17-33-24)25(32)29-13-20-4-2-10-28-12-20/h1-12,17H,13-16H2,(H,29,32). The Balaban J connectivity index is 1.44. The molecule has 2 heterocycles. The van der Waals surface area contributed by atoms with Crippen LogP contribution in [0.1, 0.15) is 33.1 Å². The largest absolute Gasteiger partial charge is 0.447 e. The predicted molar refractivity (Wildman–Crippen MR) is 123 cm³/mol. The van der Waals surface area contributed by atoms with Crippen molar-refractivity contribution < 1.29 is 13.6 Å². The van der Waals surface area contributed by atoms with Crippen LogP contribution in [0.4, 0.5) is 4.39 Å². The van der Waals surface area contributed by atoms with E-state index in [1.807, 2.05) is 36.4 Å². The Kier molecular flexibility index (Phi) is 7.44. The lowest BCUT2D eigenvalue weighted by Gasteiger charge is -2.21. The Bertz CT molecular complexity index is 1200. The van der Waals surface area contributed by atoms with Gasteiger partial charge >= 0.3 is 0 Å². The van der Waals surface area contributed by atoms with Crippen LogP contribution in [-0.4, -0.2) is 20.8 Å². The minimum absolute atomic E-state index is 0.207. The Labute approximate surface area is 196 Å². The molecule has 4 aromatic rings. The van der Waals surface area contributed by atoms with Gasteiger partial charge in [0.2, 0.25) is 5.89 Å². The van der Waals surface area contributed by atoms with Crippen LogP contribution in [0.25, 0.3) is 0 Å². The second-order valence-electron chi connectivity index (χ2n) is 7.57. The molecule has 1 N–H and O–H groups in total. The van der Waals surface area contributed by atoms with E-state index in [1.165, 1.54) is 18.4 Å². The number of oxazole rings is 1. The van der Waals surface area contributed by atoms with Gasteiger partial charge in [0.05, 0.1) is 6.54 Å². The van der Waals surface area contributed by atoms with E-state index in [1.54, 1.807) is 24.5 Å². The summed E-state index contributed by atoms with van der Waals surface area (Å²) in [4.78, 5) is 22.9. The number of carbonyl (C=O) groups excluding carboxylic acids is 1. The van der Waals surface area contributed by atoms with Gasteiger partial charge in [0.25, 0.3) is 5.91 Å². The number of hydrogen-bond donors (Lipinski definition) is 1. The molecule has 0 saturated heterocycles. The summed E-state index contributed by atoms with van der Waals surface area (Å²) in [5.41, 5.74) is 3.06. The van der Waals surface area contributed by atoms with Gasteiger partial charge in [-0.25, -0.2) is 9.37 Å². The monoisotopic (exact) mass is 464 g/mol. The van der Waals surface area contributed by atoms with E-state index in [0.717, 1.165) is 16.7 Å². The first-order valence-corrected chi connectivity index (χ1v) is 10.8. The van der Waals surface area contributed by atoms with Gasteiger partial charge in [0, 0.05) is 37.1 Å². The van der Waals surface area contributed by atoms with Crippen molar-refractivity contribution in [3.8, 4) is 0 Å². The van der Waals surface area contributed by atoms with E-state index in [2.05, 4.69) is 20.2 Å². The van der Waals surface area contributed by atoms with Gasteiger partial charge in [-0.1, -0.05) is 41.9 Å². The highest BCUT2D eigenvalue weighted by Crippen LogP contribution is 2.17. The first-order valence-electron chi connectivity index (χ1n) is 10.4. The summed E-state index contributed by atoms with van der Waals surface area (Å²) in [6.07, 6.45) is 4.72. The smallest absolute Gasteiger partial charge is 0.273 e. The Hall–Kier alpha value is -3.55. The summed E-state index contributed by atoms with van der Waals surface area (Å²) >= 11 is 6.14. The third-order valence-corrected chi connectivity index (χ3v) is 5.17. The van der Waals surface area contributed by atoms with Gasteiger partial charge in [-0.05, 0) is 47.0 Å². The number of benzene rings is 2. The van der Waals surface area contributed by atoms with Crippen LogP contribution in [0, 0.1) is 5.82 Å². The summed E-state index contributed by atoms with van der Waals surface area (Å²) in [6.45, 7) is 1.82. The Morgan fingerprint density at radius 1 is 1.00 bits per heavy atom. The molecule has 2 aromatic heterocycles. The minimum Gasteiger partial charge on any atom is -0.447 e. The van der Waals surface area contributed by atoms with E-state index in [0.29, 0.717) is 37.1 Å². The van der Waals surface area contributed by atoms with Gasteiger partial charge in [-0.2, -0.15) is 0 Å². The third-order valence-electron chi connectivity index (χ3n) is 4.93. The van der Waals surface area contributed by atoms with Crippen LogP contribution >= 0.6 is 11.6 Å². The van der Waals surface area contributed by atoms with Crippen LogP contribution < -0.4 is 5.32 Å². The predicted octanol–water partition coefficient (Wildman–Crippen LogP) is 4.99. The first-order chi connectivity index (χ1) is 16.0. The maximum absolute atomic E-state index is 13.3. The zero-order valence-electron chi connectivity index (χ0n) is 17.7. The van der Waals surface area contributed by atoms with Gasteiger partial charge in [0.15, 0.2) is 5.69 Å². The highest BCUT2D eigenvalue weighted by Gasteiger charge is 2.16. The average molecular weight is 465 g/mol. The van der Waals surface area contributed by atoms with Crippen molar-refractivity contribution in [2.45, 2.75) is 26.2 Å². The normalized spacial score (nSPS) is 11.0. The molecule has 0 aliphatic rings. The molecule has 0 saturated carbocycles. The molecule has 2 aromatic carbocycles. The summed E-state index contributed by atoms with van der Waals surface area (Å²) in [7, 11) is 0. The highest BCUT2D eigenvalue weighted by molar-refractivity contribution is 6.30. The summed E-state index contributed by atoms with van der Waals surface area (Å²) in [5.74, 6) is -0.200. The van der Waals surface area contributed by atoms with Gasteiger partial charge in [-0.3, -0.25) is 14.7 Å². The van der Waals surface area contributed by atoms with Crippen molar-refractivity contribution in [2.75, 3.05) is 0 Å². The van der Waals surface area contributed by atoms with Crippen LogP contribution in [-0.2, 0) is 26.2 Å². The third kappa shape index (κ3) is 6.71. The maximum Gasteiger partial charge on any atom is 0.273 e.